The highest BCUT2D eigenvalue weighted by atomic mass is 15.2. The summed E-state index contributed by atoms with van der Waals surface area (Å²) in [6, 6.07) is 67.4. The SMILES string of the molecule is CC(C)(C)c1ccc2c(c1)c1c(ccc3c4cc(C(C)(C)C)ccc4n(-c4nc(-c5ccccc5)nc(-c5cccc(-c6ccc(-c7ccccc7)cc6)c5)n4)c31)n2-c1ccccc1. The maximum absolute atomic E-state index is 5.47. The second-order valence-corrected chi connectivity index (χ2v) is 19.0. The molecule has 5 nitrogen and oxygen atoms in total. The molecular formula is C59H49N5. The van der Waals surface area contributed by atoms with E-state index < -0.39 is 0 Å². The predicted molar refractivity (Wildman–Crippen MR) is 268 cm³/mol. The summed E-state index contributed by atoms with van der Waals surface area (Å²) < 4.78 is 4.72. The second kappa shape index (κ2) is 15.0. The van der Waals surface area contributed by atoms with Crippen molar-refractivity contribution in [3.63, 3.8) is 0 Å². The first-order chi connectivity index (χ1) is 31.0. The molecular weight excluding hydrogens is 779 g/mol. The Balaban J connectivity index is 1.21. The van der Waals surface area contributed by atoms with Crippen molar-refractivity contribution < 1.29 is 0 Å². The number of hydrogen-bond acceptors (Lipinski definition) is 3. The van der Waals surface area contributed by atoms with E-state index >= 15 is 0 Å². The van der Waals surface area contributed by atoms with Crippen molar-refractivity contribution in [2.24, 2.45) is 0 Å². The number of nitrogens with zero attached hydrogens (tertiary/aromatic N) is 5. The fourth-order valence-electron chi connectivity index (χ4n) is 9.24. The largest absolute Gasteiger partial charge is 0.309 e. The van der Waals surface area contributed by atoms with Gasteiger partial charge in [-0.1, -0.05) is 181 Å². The molecule has 0 saturated heterocycles. The number of aromatic nitrogens is 5. The van der Waals surface area contributed by atoms with Gasteiger partial charge in [0.2, 0.25) is 5.95 Å². The zero-order chi connectivity index (χ0) is 43.7. The van der Waals surface area contributed by atoms with Crippen LogP contribution in [0.4, 0.5) is 0 Å². The van der Waals surface area contributed by atoms with Crippen LogP contribution >= 0.6 is 0 Å². The van der Waals surface area contributed by atoms with Crippen LogP contribution in [0.5, 0.6) is 0 Å². The number of hydrogen-bond donors (Lipinski definition) is 0. The highest BCUT2D eigenvalue weighted by molar-refractivity contribution is 6.26. The summed E-state index contributed by atoms with van der Waals surface area (Å²) in [5, 5.41) is 4.69. The van der Waals surface area contributed by atoms with Crippen LogP contribution in [0, 0.1) is 0 Å². The molecule has 0 N–H and O–H groups in total. The molecule has 8 aromatic carbocycles. The van der Waals surface area contributed by atoms with Gasteiger partial charge in [0.1, 0.15) is 0 Å². The molecule has 0 fully saturated rings. The van der Waals surface area contributed by atoms with Gasteiger partial charge in [0.25, 0.3) is 0 Å². The molecule has 0 amide bonds. The van der Waals surface area contributed by atoms with Gasteiger partial charge < -0.3 is 4.57 Å². The topological polar surface area (TPSA) is 48.5 Å². The van der Waals surface area contributed by atoms with Crippen LogP contribution in [0.3, 0.4) is 0 Å². The van der Waals surface area contributed by atoms with Crippen LogP contribution in [0.25, 0.3) is 100 Å². The Morgan fingerprint density at radius 1 is 0.344 bits per heavy atom. The third-order valence-corrected chi connectivity index (χ3v) is 12.7. The first kappa shape index (κ1) is 39.2. The average molecular weight is 828 g/mol. The first-order valence-electron chi connectivity index (χ1n) is 22.2. The third kappa shape index (κ3) is 6.76. The van der Waals surface area contributed by atoms with E-state index in [1.54, 1.807) is 0 Å². The lowest BCUT2D eigenvalue weighted by Gasteiger charge is -2.19. The lowest BCUT2D eigenvalue weighted by molar-refractivity contribution is 0.591. The predicted octanol–water partition coefficient (Wildman–Crippen LogP) is 15.3. The third-order valence-electron chi connectivity index (χ3n) is 12.7. The molecule has 11 rings (SSSR count). The van der Waals surface area contributed by atoms with Gasteiger partial charge in [-0.25, -0.2) is 4.98 Å². The molecule has 11 aromatic rings. The maximum Gasteiger partial charge on any atom is 0.238 e. The Morgan fingerprint density at radius 3 is 1.45 bits per heavy atom. The summed E-state index contributed by atoms with van der Waals surface area (Å²) >= 11 is 0. The highest BCUT2D eigenvalue weighted by Crippen LogP contribution is 2.44. The summed E-state index contributed by atoms with van der Waals surface area (Å²) in [6.45, 7) is 13.7. The van der Waals surface area contributed by atoms with Crippen molar-refractivity contribution in [3.05, 3.63) is 199 Å². The standard InChI is InChI=1S/C59H49N5/c1-58(2,3)44-29-32-50-48(36-44)47-31-34-52-53(49-37-45(59(4,5)6)30-33-51(49)63(52)46-23-14-9-15-24-46)54(47)64(50)57-61-55(41-19-12-8-13-20-41)60-56(62-57)43-22-16-21-42(35-43)40-27-25-39(26-28-40)38-17-10-7-11-18-38/h7-37H,1-6H3. The van der Waals surface area contributed by atoms with Crippen molar-refractivity contribution in [2.75, 3.05) is 0 Å². The van der Waals surface area contributed by atoms with Crippen LogP contribution in [0.1, 0.15) is 52.7 Å². The van der Waals surface area contributed by atoms with Gasteiger partial charge in [0.05, 0.1) is 22.1 Å². The van der Waals surface area contributed by atoms with Gasteiger partial charge in [0, 0.05) is 38.4 Å². The Labute approximate surface area is 374 Å². The molecule has 0 bridgehead atoms. The van der Waals surface area contributed by atoms with Crippen molar-refractivity contribution in [1.29, 1.82) is 0 Å². The zero-order valence-electron chi connectivity index (χ0n) is 37.1. The molecule has 310 valence electrons. The Morgan fingerprint density at radius 2 is 0.828 bits per heavy atom. The molecule has 0 saturated carbocycles. The Kier molecular flexibility index (Phi) is 9.21. The van der Waals surface area contributed by atoms with E-state index in [4.69, 9.17) is 15.0 Å². The summed E-state index contributed by atoms with van der Waals surface area (Å²) in [6.07, 6.45) is 0. The number of fused-ring (bicyclic) bond motifs is 7. The van der Waals surface area contributed by atoms with Gasteiger partial charge >= 0.3 is 0 Å². The van der Waals surface area contributed by atoms with E-state index in [-0.39, 0.29) is 10.8 Å². The average Bonchev–Trinajstić information content (AvgIpc) is 3.84. The van der Waals surface area contributed by atoms with E-state index in [0.717, 1.165) is 55.4 Å². The van der Waals surface area contributed by atoms with Crippen LogP contribution < -0.4 is 0 Å². The van der Waals surface area contributed by atoms with Gasteiger partial charge in [-0.05, 0) is 92.7 Å². The minimum Gasteiger partial charge on any atom is -0.309 e. The molecule has 0 aliphatic rings. The highest BCUT2D eigenvalue weighted by Gasteiger charge is 2.26. The maximum atomic E-state index is 5.47. The quantitative estimate of drug-likeness (QED) is 0.168. The fraction of sp³-hybridized carbons (Fsp3) is 0.136. The monoisotopic (exact) mass is 827 g/mol. The van der Waals surface area contributed by atoms with Gasteiger partial charge in [-0.3, -0.25) is 4.57 Å². The molecule has 3 aromatic heterocycles. The van der Waals surface area contributed by atoms with Crippen molar-refractivity contribution in [2.45, 2.75) is 52.4 Å². The van der Waals surface area contributed by atoms with Gasteiger partial charge in [-0.15, -0.1) is 0 Å². The summed E-state index contributed by atoms with van der Waals surface area (Å²) in [4.78, 5) is 16.1. The van der Waals surface area contributed by atoms with Crippen molar-refractivity contribution in [3.8, 4) is 56.7 Å². The minimum absolute atomic E-state index is 0.0502. The number of rotatable bonds is 6. The van der Waals surface area contributed by atoms with E-state index in [1.165, 1.54) is 38.4 Å². The molecule has 0 aliphatic carbocycles. The Bertz CT molecular complexity index is 3530. The summed E-state index contributed by atoms with van der Waals surface area (Å²) in [5.74, 6) is 1.81. The molecule has 64 heavy (non-hydrogen) atoms. The van der Waals surface area contributed by atoms with E-state index in [1.807, 2.05) is 18.2 Å². The molecule has 0 aliphatic heterocycles. The summed E-state index contributed by atoms with van der Waals surface area (Å²) in [5.41, 5.74) is 14.4. The van der Waals surface area contributed by atoms with Crippen molar-refractivity contribution in [1.82, 2.24) is 24.1 Å². The molecule has 0 unspecified atom stereocenters. The molecule has 0 spiro atoms. The van der Waals surface area contributed by atoms with Crippen LogP contribution in [0.2, 0.25) is 0 Å². The lowest BCUT2D eigenvalue weighted by atomic mass is 9.86. The van der Waals surface area contributed by atoms with Crippen LogP contribution in [0.15, 0.2) is 188 Å². The van der Waals surface area contributed by atoms with Gasteiger partial charge in [0.15, 0.2) is 11.6 Å². The van der Waals surface area contributed by atoms with Crippen LogP contribution in [-0.2, 0) is 10.8 Å². The summed E-state index contributed by atoms with van der Waals surface area (Å²) in [7, 11) is 0. The van der Waals surface area contributed by atoms with Crippen molar-refractivity contribution >= 4 is 43.6 Å². The lowest BCUT2D eigenvalue weighted by Crippen LogP contribution is -2.11. The number of benzene rings is 8. The normalized spacial score (nSPS) is 12.2. The van der Waals surface area contributed by atoms with E-state index in [9.17, 15) is 0 Å². The molecule has 5 heteroatoms. The second-order valence-electron chi connectivity index (χ2n) is 19.0. The number of para-hydroxylation sites is 1. The smallest absolute Gasteiger partial charge is 0.238 e. The van der Waals surface area contributed by atoms with E-state index in [2.05, 4.69) is 221 Å². The molecule has 0 radical (unpaired) electrons. The molecule has 0 atom stereocenters. The fourth-order valence-corrected chi connectivity index (χ4v) is 9.24. The van der Waals surface area contributed by atoms with Gasteiger partial charge in [-0.2, -0.15) is 9.97 Å². The Hall–Kier alpha value is -7.63. The zero-order valence-corrected chi connectivity index (χ0v) is 37.1. The van der Waals surface area contributed by atoms with Crippen LogP contribution in [-0.4, -0.2) is 24.1 Å². The first-order valence-corrected chi connectivity index (χ1v) is 22.2. The minimum atomic E-state index is -0.0518. The van der Waals surface area contributed by atoms with E-state index in [0.29, 0.717) is 17.6 Å². The molecule has 3 heterocycles.